The van der Waals surface area contributed by atoms with Gasteiger partial charge in [0.1, 0.15) is 6.23 Å². The molecule has 2 atom stereocenters. The molecule has 1 aliphatic heterocycles. The molecule has 1 fully saturated rings. The molecule has 0 aliphatic carbocycles. The number of aliphatic hydroxyl groups is 1. The van der Waals surface area contributed by atoms with E-state index in [4.69, 9.17) is 5.73 Å². The van der Waals surface area contributed by atoms with Gasteiger partial charge in [0.05, 0.1) is 0 Å². The Bertz CT molecular complexity index is 130. The molecule has 0 saturated carbocycles. The average Bonchev–Trinajstić information content (AvgIpc) is 2.05. The third-order valence-electron chi connectivity index (χ3n) is 2.53. The van der Waals surface area contributed by atoms with Crippen molar-refractivity contribution in [3.63, 3.8) is 0 Å². The van der Waals surface area contributed by atoms with Gasteiger partial charge in [-0.1, -0.05) is 6.92 Å². The normalized spacial score (nSPS) is 28.8. The molecule has 1 unspecified atom stereocenters. The molecular weight excluding hydrogens is 152 g/mol. The molecule has 3 nitrogen and oxygen atoms in total. The fourth-order valence-corrected chi connectivity index (χ4v) is 1.83. The zero-order valence-corrected chi connectivity index (χ0v) is 7.87. The topological polar surface area (TPSA) is 49.5 Å². The maximum Gasteiger partial charge on any atom is 0.108 e. The Labute approximate surface area is 74.5 Å². The van der Waals surface area contributed by atoms with Crippen LogP contribution in [0.5, 0.6) is 0 Å². The highest BCUT2D eigenvalue weighted by atomic mass is 16.3. The molecular formula is C9H20N2O. The second-order valence-electron chi connectivity index (χ2n) is 3.80. The first-order valence-electron chi connectivity index (χ1n) is 4.86. The number of rotatable bonds is 3. The fourth-order valence-electron chi connectivity index (χ4n) is 1.83. The zero-order chi connectivity index (χ0) is 8.97. The number of hydrogen-bond acceptors (Lipinski definition) is 3. The van der Waals surface area contributed by atoms with Crippen molar-refractivity contribution in [2.24, 2.45) is 11.7 Å². The lowest BCUT2D eigenvalue weighted by molar-refractivity contribution is -0.0228. The monoisotopic (exact) mass is 172 g/mol. The summed E-state index contributed by atoms with van der Waals surface area (Å²) in [6.07, 6.45) is 2.90. The van der Waals surface area contributed by atoms with E-state index in [-0.39, 0.29) is 6.23 Å². The Morgan fingerprint density at radius 1 is 1.67 bits per heavy atom. The molecule has 3 heteroatoms. The summed E-state index contributed by atoms with van der Waals surface area (Å²) < 4.78 is 0. The summed E-state index contributed by atoms with van der Waals surface area (Å²) in [5.74, 6) is 0.728. The minimum absolute atomic E-state index is 0.308. The summed E-state index contributed by atoms with van der Waals surface area (Å²) in [6.45, 7) is 4.88. The van der Waals surface area contributed by atoms with E-state index >= 15 is 0 Å². The van der Waals surface area contributed by atoms with Crippen LogP contribution in [-0.4, -0.2) is 35.9 Å². The van der Waals surface area contributed by atoms with E-state index in [0.29, 0.717) is 13.0 Å². The second kappa shape index (κ2) is 4.80. The fraction of sp³-hybridized carbons (Fsp3) is 1.00. The van der Waals surface area contributed by atoms with Gasteiger partial charge in [-0.3, -0.25) is 4.90 Å². The Morgan fingerprint density at radius 2 is 2.42 bits per heavy atom. The number of nitrogens with zero attached hydrogens (tertiary/aromatic N) is 1. The van der Waals surface area contributed by atoms with Crippen molar-refractivity contribution in [2.45, 2.75) is 32.4 Å². The summed E-state index contributed by atoms with van der Waals surface area (Å²) in [6, 6.07) is 0. The van der Waals surface area contributed by atoms with Crippen molar-refractivity contribution < 1.29 is 5.11 Å². The van der Waals surface area contributed by atoms with Gasteiger partial charge in [-0.2, -0.15) is 0 Å². The molecule has 1 rings (SSSR count). The van der Waals surface area contributed by atoms with Gasteiger partial charge in [-0.05, 0) is 31.7 Å². The lowest BCUT2D eigenvalue weighted by atomic mass is 10.00. The lowest BCUT2D eigenvalue weighted by Gasteiger charge is -2.34. The molecule has 0 aromatic carbocycles. The van der Waals surface area contributed by atoms with Crippen molar-refractivity contribution in [3.05, 3.63) is 0 Å². The number of nitrogens with two attached hydrogens (primary N) is 1. The molecule has 0 amide bonds. The van der Waals surface area contributed by atoms with Crippen molar-refractivity contribution in [1.29, 1.82) is 0 Å². The molecule has 0 aromatic rings. The van der Waals surface area contributed by atoms with E-state index < -0.39 is 0 Å². The maximum atomic E-state index is 9.64. The summed E-state index contributed by atoms with van der Waals surface area (Å²) in [7, 11) is 0. The summed E-state index contributed by atoms with van der Waals surface area (Å²) in [4.78, 5) is 2.14. The highest BCUT2D eigenvalue weighted by molar-refractivity contribution is 4.71. The highest BCUT2D eigenvalue weighted by Crippen LogP contribution is 2.17. The van der Waals surface area contributed by atoms with E-state index in [2.05, 4.69) is 11.8 Å². The minimum Gasteiger partial charge on any atom is -0.378 e. The standard InChI is InChI=1S/C9H20N2O/c1-8-3-2-6-11(7-8)9(12)4-5-10/h8-9,12H,2-7,10H2,1H3/t8?,9-/m1/s1. The van der Waals surface area contributed by atoms with Crippen molar-refractivity contribution in [1.82, 2.24) is 4.90 Å². The molecule has 0 radical (unpaired) electrons. The van der Waals surface area contributed by atoms with Crippen LogP contribution < -0.4 is 5.73 Å². The third kappa shape index (κ3) is 2.73. The summed E-state index contributed by atoms with van der Waals surface area (Å²) >= 11 is 0. The molecule has 3 N–H and O–H groups in total. The predicted molar refractivity (Wildman–Crippen MR) is 49.6 cm³/mol. The second-order valence-corrected chi connectivity index (χ2v) is 3.80. The van der Waals surface area contributed by atoms with Crippen LogP contribution in [0.1, 0.15) is 26.2 Å². The van der Waals surface area contributed by atoms with Crippen LogP contribution in [0.3, 0.4) is 0 Å². The first-order valence-corrected chi connectivity index (χ1v) is 4.86. The van der Waals surface area contributed by atoms with E-state index in [1.807, 2.05) is 0 Å². The molecule has 1 aliphatic rings. The molecule has 12 heavy (non-hydrogen) atoms. The van der Waals surface area contributed by atoms with Gasteiger partial charge >= 0.3 is 0 Å². The van der Waals surface area contributed by atoms with Crippen LogP contribution in [0.4, 0.5) is 0 Å². The van der Waals surface area contributed by atoms with Crippen LogP contribution in [0, 0.1) is 5.92 Å². The smallest absolute Gasteiger partial charge is 0.108 e. The van der Waals surface area contributed by atoms with E-state index in [1.54, 1.807) is 0 Å². The van der Waals surface area contributed by atoms with Gasteiger partial charge in [0.2, 0.25) is 0 Å². The number of likely N-dealkylation sites (tertiary alicyclic amines) is 1. The Morgan fingerprint density at radius 3 is 3.00 bits per heavy atom. The first-order chi connectivity index (χ1) is 5.74. The van der Waals surface area contributed by atoms with Crippen molar-refractivity contribution >= 4 is 0 Å². The van der Waals surface area contributed by atoms with Gasteiger partial charge in [-0.25, -0.2) is 0 Å². The van der Waals surface area contributed by atoms with Gasteiger partial charge in [0.25, 0.3) is 0 Å². The Kier molecular flexibility index (Phi) is 3.98. The van der Waals surface area contributed by atoms with Gasteiger partial charge in [0.15, 0.2) is 0 Å². The molecule has 0 spiro atoms. The van der Waals surface area contributed by atoms with Gasteiger partial charge < -0.3 is 10.8 Å². The Hall–Kier alpha value is -0.120. The van der Waals surface area contributed by atoms with E-state index in [0.717, 1.165) is 19.0 Å². The van der Waals surface area contributed by atoms with Crippen LogP contribution in [0.2, 0.25) is 0 Å². The van der Waals surface area contributed by atoms with Crippen LogP contribution in [0.25, 0.3) is 0 Å². The zero-order valence-electron chi connectivity index (χ0n) is 7.87. The maximum absolute atomic E-state index is 9.64. The molecule has 1 heterocycles. The summed E-state index contributed by atoms with van der Waals surface area (Å²) in [5.41, 5.74) is 5.38. The van der Waals surface area contributed by atoms with Crippen molar-refractivity contribution in [2.75, 3.05) is 19.6 Å². The number of piperidine rings is 1. The van der Waals surface area contributed by atoms with Crippen LogP contribution in [-0.2, 0) is 0 Å². The summed E-state index contributed by atoms with van der Waals surface area (Å²) in [5, 5.41) is 9.64. The average molecular weight is 172 g/mol. The minimum atomic E-state index is -0.308. The number of hydrogen-bond donors (Lipinski definition) is 2. The highest BCUT2D eigenvalue weighted by Gasteiger charge is 2.21. The lowest BCUT2D eigenvalue weighted by Crippen LogP contribution is -2.42. The quantitative estimate of drug-likeness (QED) is 0.647. The van der Waals surface area contributed by atoms with Gasteiger partial charge in [0, 0.05) is 13.1 Å². The first kappa shape index (κ1) is 9.96. The number of aliphatic hydroxyl groups excluding tert-OH is 1. The van der Waals surface area contributed by atoms with Gasteiger partial charge in [-0.15, -0.1) is 0 Å². The molecule has 1 saturated heterocycles. The third-order valence-corrected chi connectivity index (χ3v) is 2.53. The van der Waals surface area contributed by atoms with Crippen LogP contribution in [0.15, 0.2) is 0 Å². The SMILES string of the molecule is CC1CCCN([C@H](O)CCN)C1. The van der Waals surface area contributed by atoms with E-state index in [9.17, 15) is 5.11 Å². The molecule has 0 bridgehead atoms. The van der Waals surface area contributed by atoms with Crippen LogP contribution >= 0.6 is 0 Å². The predicted octanol–water partition coefficient (Wildman–Crippen LogP) is 0.386. The molecule has 0 aromatic heterocycles. The largest absolute Gasteiger partial charge is 0.378 e. The molecule has 72 valence electrons. The van der Waals surface area contributed by atoms with E-state index in [1.165, 1.54) is 12.8 Å². The Balaban J connectivity index is 2.29. The van der Waals surface area contributed by atoms with Crippen molar-refractivity contribution in [3.8, 4) is 0 Å².